The maximum Gasteiger partial charge on any atom is 0.407 e. The van der Waals surface area contributed by atoms with Crippen molar-refractivity contribution < 1.29 is 29.3 Å². The second-order valence-electron chi connectivity index (χ2n) is 8.22. The molecule has 0 spiro atoms. The van der Waals surface area contributed by atoms with Gasteiger partial charge in [-0.1, -0.05) is 54.6 Å². The smallest absolute Gasteiger partial charge is 0.407 e. The number of ether oxygens (including phenoxy) is 2. The Kier molecular flexibility index (Phi) is 7.74. The molecule has 1 aliphatic carbocycles. The van der Waals surface area contributed by atoms with E-state index >= 15 is 0 Å². The fraction of sp³-hybridized carbons (Fsp3) is 0.296. The lowest BCUT2D eigenvalue weighted by Crippen LogP contribution is -2.31. The normalized spacial score (nSPS) is 13.9. The predicted molar refractivity (Wildman–Crippen MR) is 129 cm³/mol. The van der Waals surface area contributed by atoms with Gasteiger partial charge in [0.25, 0.3) is 0 Å². The van der Waals surface area contributed by atoms with Gasteiger partial charge in [-0.25, -0.2) is 14.6 Å². The number of hydrogen-bond donors (Lipinski definition) is 3. The molecule has 0 fully saturated rings. The van der Waals surface area contributed by atoms with E-state index in [1.54, 1.807) is 13.0 Å². The number of alkyl carbamates (subject to hydrolysis) is 1. The van der Waals surface area contributed by atoms with Crippen LogP contribution in [0.2, 0.25) is 0 Å². The highest BCUT2D eigenvalue weighted by atomic mass is 16.5. The summed E-state index contributed by atoms with van der Waals surface area (Å²) >= 11 is 0. The summed E-state index contributed by atoms with van der Waals surface area (Å²) < 4.78 is 10.4. The molecular weight excluding hydrogens is 448 g/mol. The Morgan fingerprint density at radius 2 is 1.60 bits per heavy atom. The molecule has 4 rings (SSSR count). The third-order valence-electron chi connectivity index (χ3n) is 5.98. The average molecular weight is 477 g/mol. The van der Waals surface area contributed by atoms with Crippen LogP contribution in [0, 0.1) is 0 Å². The van der Waals surface area contributed by atoms with Gasteiger partial charge in [-0.3, -0.25) is 0 Å². The number of fused-ring (bicyclic) bond motifs is 3. The van der Waals surface area contributed by atoms with Crippen LogP contribution in [-0.4, -0.2) is 53.1 Å². The second-order valence-corrected chi connectivity index (χ2v) is 8.22. The van der Waals surface area contributed by atoms with Crippen LogP contribution < -0.4 is 5.32 Å². The SMILES string of the molecule is CCOC(=O)c1cccc(C(O)C(O)CCNC(=O)OCC2c3ccccc3-c3ccccc32)n1. The summed E-state index contributed by atoms with van der Waals surface area (Å²) in [6.07, 6.45) is -3.06. The van der Waals surface area contributed by atoms with Crippen LogP contribution in [0.15, 0.2) is 66.7 Å². The maximum absolute atomic E-state index is 12.3. The molecule has 1 amide bonds. The molecule has 2 atom stereocenters. The van der Waals surface area contributed by atoms with E-state index in [1.165, 1.54) is 12.1 Å². The minimum Gasteiger partial charge on any atom is -0.461 e. The highest BCUT2D eigenvalue weighted by Crippen LogP contribution is 2.44. The van der Waals surface area contributed by atoms with Gasteiger partial charge in [-0.2, -0.15) is 0 Å². The van der Waals surface area contributed by atoms with Crippen LogP contribution >= 0.6 is 0 Å². The van der Waals surface area contributed by atoms with Crippen molar-refractivity contribution in [2.45, 2.75) is 31.5 Å². The van der Waals surface area contributed by atoms with Crippen LogP contribution in [0.4, 0.5) is 4.79 Å². The number of benzene rings is 2. The molecule has 1 heterocycles. The highest BCUT2D eigenvalue weighted by molar-refractivity contribution is 5.87. The van der Waals surface area contributed by atoms with E-state index in [0.717, 1.165) is 22.3 Å². The van der Waals surface area contributed by atoms with Gasteiger partial charge in [0.1, 0.15) is 18.4 Å². The summed E-state index contributed by atoms with van der Waals surface area (Å²) in [6, 6.07) is 20.7. The molecule has 0 saturated heterocycles. The summed E-state index contributed by atoms with van der Waals surface area (Å²) in [7, 11) is 0. The zero-order valence-electron chi connectivity index (χ0n) is 19.4. The summed E-state index contributed by atoms with van der Waals surface area (Å²) in [6.45, 7) is 2.17. The van der Waals surface area contributed by atoms with Crippen LogP contribution in [-0.2, 0) is 9.47 Å². The quantitative estimate of drug-likeness (QED) is 0.404. The van der Waals surface area contributed by atoms with Crippen molar-refractivity contribution in [3.05, 3.63) is 89.2 Å². The molecule has 8 nitrogen and oxygen atoms in total. The lowest BCUT2D eigenvalue weighted by Gasteiger charge is -2.18. The monoisotopic (exact) mass is 476 g/mol. The lowest BCUT2D eigenvalue weighted by molar-refractivity contribution is 0.0109. The first-order chi connectivity index (χ1) is 17.0. The Bertz CT molecular complexity index is 1150. The number of rotatable bonds is 9. The summed E-state index contributed by atoms with van der Waals surface area (Å²) in [5.41, 5.74) is 4.73. The first-order valence-electron chi connectivity index (χ1n) is 11.6. The first-order valence-corrected chi connectivity index (χ1v) is 11.6. The van der Waals surface area contributed by atoms with Gasteiger partial charge in [0, 0.05) is 12.5 Å². The van der Waals surface area contributed by atoms with Gasteiger partial charge in [0.05, 0.1) is 18.4 Å². The largest absolute Gasteiger partial charge is 0.461 e. The van der Waals surface area contributed by atoms with Crippen molar-refractivity contribution in [2.24, 2.45) is 0 Å². The molecule has 1 aliphatic rings. The first kappa shape index (κ1) is 24.4. The van der Waals surface area contributed by atoms with E-state index in [-0.39, 0.29) is 43.5 Å². The maximum atomic E-state index is 12.3. The number of pyridine rings is 1. The predicted octanol–water partition coefficient (Wildman–Crippen LogP) is 3.58. The topological polar surface area (TPSA) is 118 Å². The van der Waals surface area contributed by atoms with Gasteiger partial charge < -0.3 is 25.0 Å². The summed E-state index contributed by atoms with van der Waals surface area (Å²) in [5, 5.41) is 23.4. The zero-order valence-corrected chi connectivity index (χ0v) is 19.4. The third-order valence-corrected chi connectivity index (χ3v) is 5.98. The Morgan fingerprint density at radius 1 is 0.943 bits per heavy atom. The van der Waals surface area contributed by atoms with E-state index in [4.69, 9.17) is 9.47 Å². The van der Waals surface area contributed by atoms with Crippen LogP contribution in [0.5, 0.6) is 0 Å². The molecule has 3 N–H and O–H groups in total. The van der Waals surface area contributed by atoms with Crippen molar-refractivity contribution in [1.29, 1.82) is 0 Å². The number of carbonyl (C=O) groups is 2. The van der Waals surface area contributed by atoms with Crippen molar-refractivity contribution in [3.63, 3.8) is 0 Å². The van der Waals surface area contributed by atoms with E-state index in [9.17, 15) is 19.8 Å². The molecule has 0 aliphatic heterocycles. The highest BCUT2D eigenvalue weighted by Gasteiger charge is 2.29. The standard InChI is InChI=1S/C27H28N2O6/c1-2-34-26(32)23-13-7-12-22(29-23)25(31)24(30)14-15-28-27(33)35-16-21-19-10-5-3-8-17(19)18-9-4-6-11-20(18)21/h3-13,21,24-25,30-31H,2,14-16H2,1H3,(H,28,33). The van der Waals surface area contributed by atoms with Gasteiger partial charge in [0.2, 0.25) is 0 Å². The second kappa shape index (κ2) is 11.1. The van der Waals surface area contributed by atoms with Crippen molar-refractivity contribution >= 4 is 12.1 Å². The zero-order chi connectivity index (χ0) is 24.8. The number of nitrogens with zero attached hydrogens (tertiary/aromatic N) is 1. The van der Waals surface area contributed by atoms with Gasteiger partial charge in [0.15, 0.2) is 0 Å². The Balaban J connectivity index is 1.27. The van der Waals surface area contributed by atoms with E-state index in [0.29, 0.717) is 0 Å². The number of esters is 1. The molecule has 182 valence electrons. The van der Waals surface area contributed by atoms with Crippen molar-refractivity contribution in [2.75, 3.05) is 19.8 Å². The van der Waals surface area contributed by atoms with Gasteiger partial charge in [-0.05, 0) is 47.7 Å². The third kappa shape index (κ3) is 5.50. The lowest BCUT2D eigenvalue weighted by atomic mass is 9.98. The summed E-state index contributed by atoms with van der Waals surface area (Å²) in [4.78, 5) is 28.2. The number of aliphatic hydroxyl groups is 2. The molecule has 2 unspecified atom stereocenters. The fourth-order valence-corrected chi connectivity index (χ4v) is 4.26. The molecule has 0 saturated carbocycles. The molecule has 1 aromatic heterocycles. The Morgan fingerprint density at radius 3 is 2.26 bits per heavy atom. The Labute approximate surface area is 203 Å². The van der Waals surface area contributed by atoms with E-state index < -0.39 is 24.3 Å². The van der Waals surface area contributed by atoms with E-state index in [2.05, 4.69) is 22.4 Å². The molecule has 3 aromatic rings. The van der Waals surface area contributed by atoms with Crippen LogP contribution in [0.25, 0.3) is 11.1 Å². The number of aliphatic hydroxyl groups excluding tert-OH is 2. The number of hydrogen-bond acceptors (Lipinski definition) is 7. The fourth-order valence-electron chi connectivity index (χ4n) is 4.26. The molecule has 8 heteroatoms. The minimum atomic E-state index is -1.33. The average Bonchev–Trinajstić information content (AvgIpc) is 3.21. The summed E-state index contributed by atoms with van der Waals surface area (Å²) in [5.74, 6) is -0.647. The van der Waals surface area contributed by atoms with Crippen LogP contribution in [0.1, 0.15) is 52.7 Å². The van der Waals surface area contributed by atoms with Gasteiger partial charge >= 0.3 is 12.1 Å². The number of carbonyl (C=O) groups excluding carboxylic acids is 2. The molecule has 35 heavy (non-hydrogen) atoms. The minimum absolute atomic E-state index is 0.0432. The van der Waals surface area contributed by atoms with Crippen molar-refractivity contribution in [3.8, 4) is 11.1 Å². The Hall–Kier alpha value is -3.75. The van der Waals surface area contributed by atoms with Crippen molar-refractivity contribution in [1.82, 2.24) is 10.3 Å². The molecule has 2 aromatic carbocycles. The molecule has 0 bridgehead atoms. The molecular formula is C27H28N2O6. The molecule has 0 radical (unpaired) electrons. The number of nitrogens with one attached hydrogen (secondary N) is 1. The van der Waals surface area contributed by atoms with E-state index in [1.807, 2.05) is 36.4 Å². The van der Waals surface area contributed by atoms with Gasteiger partial charge in [-0.15, -0.1) is 0 Å². The van der Waals surface area contributed by atoms with Crippen LogP contribution in [0.3, 0.4) is 0 Å². The number of amides is 1. The number of aromatic nitrogens is 1.